The number of hydrogen-bond donors (Lipinski definition) is 2. The molecular weight excluding hydrogens is 352 g/mol. The molecule has 0 aromatic rings. The third-order valence-electron chi connectivity index (χ3n) is 5.53. The van der Waals surface area contributed by atoms with Gasteiger partial charge in [0.15, 0.2) is 0 Å². The van der Waals surface area contributed by atoms with Crippen LogP contribution in [-0.4, -0.2) is 19.6 Å². The third-order valence-corrected chi connectivity index (χ3v) is 5.53. The average molecular weight is 405 g/mol. The van der Waals surface area contributed by atoms with Crippen LogP contribution in [0.2, 0.25) is 0 Å². The largest absolute Gasteiger partial charge is 0.330 e. The molecule has 0 atom stereocenters. The van der Waals surface area contributed by atoms with Crippen molar-refractivity contribution in [3.8, 4) is 0 Å². The topological polar surface area (TPSA) is 38.0 Å². The van der Waals surface area contributed by atoms with Gasteiger partial charge in [0, 0.05) is 6.54 Å². The Labute approximate surface area is 183 Å². The molecular formula is C27H52N2. The van der Waals surface area contributed by atoms with Crippen molar-refractivity contribution < 1.29 is 0 Å². The Morgan fingerprint density at radius 2 is 1.10 bits per heavy atom. The van der Waals surface area contributed by atoms with Gasteiger partial charge in [0.05, 0.1) is 0 Å². The minimum atomic E-state index is 0.859. The maximum Gasteiger partial charge on any atom is 0.0137 e. The van der Waals surface area contributed by atoms with E-state index < -0.39 is 0 Å². The van der Waals surface area contributed by atoms with Crippen LogP contribution in [0.3, 0.4) is 0 Å². The molecule has 0 saturated carbocycles. The summed E-state index contributed by atoms with van der Waals surface area (Å²) in [6, 6.07) is 0. The highest BCUT2D eigenvalue weighted by Gasteiger charge is 1.94. The highest BCUT2D eigenvalue weighted by molar-refractivity contribution is 5.05. The predicted octanol–water partition coefficient (Wildman–Crippen LogP) is 7.85. The number of hydrogen-bond acceptors (Lipinski definition) is 2. The molecule has 0 aliphatic rings. The Morgan fingerprint density at radius 3 is 1.66 bits per heavy atom. The molecule has 0 heterocycles. The van der Waals surface area contributed by atoms with Crippen LogP contribution in [0.1, 0.15) is 118 Å². The van der Waals surface area contributed by atoms with E-state index in [0.29, 0.717) is 0 Å². The van der Waals surface area contributed by atoms with Gasteiger partial charge in [-0.05, 0) is 79.3 Å². The summed E-state index contributed by atoms with van der Waals surface area (Å²) in [6.45, 7) is 11.9. The van der Waals surface area contributed by atoms with Crippen molar-refractivity contribution in [3.05, 3.63) is 34.9 Å². The van der Waals surface area contributed by atoms with Crippen LogP contribution < -0.4 is 11.1 Å². The van der Waals surface area contributed by atoms with Crippen LogP contribution in [0.4, 0.5) is 0 Å². The number of allylic oxidation sites excluding steroid dienone is 5. The summed E-state index contributed by atoms with van der Waals surface area (Å²) in [6.07, 6.45) is 25.5. The van der Waals surface area contributed by atoms with Crippen molar-refractivity contribution in [2.45, 2.75) is 118 Å². The molecule has 0 radical (unpaired) electrons. The monoisotopic (exact) mass is 404 g/mol. The zero-order valence-electron chi connectivity index (χ0n) is 20.3. The lowest BCUT2D eigenvalue weighted by Gasteiger charge is -2.05. The van der Waals surface area contributed by atoms with E-state index in [9.17, 15) is 0 Å². The van der Waals surface area contributed by atoms with Gasteiger partial charge in [0.1, 0.15) is 0 Å². The first-order chi connectivity index (χ1) is 14.1. The minimum absolute atomic E-state index is 0.859. The Hall–Kier alpha value is -0.860. The van der Waals surface area contributed by atoms with Gasteiger partial charge in [-0.1, -0.05) is 86.3 Å². The summed E-state index contributed by atoms with van der Waals surface area (Å²) >= 11 is 0. The van der Waals surface area contributed by atoms with Crippen molar-refractivity contribution >= 4 is 0 Å². The molecule has 2 heteroatoms. The molecule has 0 aliphatic heterocycles. The average Bonchev–Trinajstić information content (AvgIpc) is 2.68. The molecule has 0 aliphatic carbocycles. The normalized spacial score (nSPS) is 12.4. The van der Waals surface area contributed by atoms with Crippen LogP contribution >= 0.6 is 0 Å². The van der Waals surface area contributed by atoms with Crippen molar-refractivity contribution in [1.29, 1.82) is 0 Å². The lowest BCUT2D eigenvalue weighted by molar-refractivity contribution is 0.546. The lowest BCUT2D eigenvalue weighted by atomic mass is 10.1. The Balaban J connectivity index is 3.46. The van der Waals surface area contributed by atoms with Gasteiger partial charge >= 0.3 is 0 Å². The maximum atomic E-state index is 5.52. The number of nitrogens with two attached hydrogens (primary N) is 1. The summed E-state index contributed by atoms with van der Waals surface area (Å²) in [5, 5.41) is 3.58. The number of nitrogens with one attached hydrogen (secondary N) is 1. The van der Waals surface area contributed by atoms with Crippen molar-refractivity contribution in [2.75, 3.05) is 19.6 Å². The molecule has 3 N–H and O–H groups in total. The van der Waals surface area contributed by atoms with E-state index >= 15 is 0 Å². The molecule has 0 bridgehead atoms. The first-order valence-corrected chi connectivity index (χ1v) is 12.4. The fourth-order valence-corrected chi connectivity index (χ4v) is 3.50. The van der Waals surface area contributed by atoms with E-state index in [1.807, 2.05) is 0 Å². The quantitative estimate of drug-likeness (QED) is 0.160. The van der Waals surface area contributed by atoms with Crippen LogP contribution in [-0.2, 0) is 0 Å². The van der Waals surface area contributed by atoms with Crippen molar-refractivity contribution in [3.63, 3.8) is 0 Å². The number of rotatable bonds is 20. The second kappa shape index (κ2) is 21.8. The summed E-state index contributed by atoms with van der Waals surface area (Å²) in [4.78, 5) is 0. The molecule has 0 fully saturated rings. The molecule has 0 saturated heterocycles. The molecule has 0 rings (SSSR count). The standard InChI is InChI=1S/C27H52N2/c1-25(2)17-15-18-26(3)19-16-20-27(4)21-24-29-23-14-12-10-8-6-5-7-9-11-13-22-28/h17,19,21,29H,5-16,18,20,22-24,28H2,1-4H3. The van der Waals surface area contributed by atoms with Gasteiger partial charge in [-0.25, -0.2) is 0 Å². The Bertz CT molecular complexity index is 441. The third kappa shape index (κ3) is 23.3. The summed E-state index contributed by atoms with van der Waals surface area (Å²) in [5.74, 6) is 0. The molecule has 0 aromatic carbocycles. The van der Waals surface area contributed by atoms with E-state index in [1.165, 1.54) is 107 Å². The molecule has 29 heavy (non-hydrogen) atoms. The van der Waals surface area contributed by atoms with Crippen LogP contribution in [0, 0.1) is 0 Å². The first kappa shape index (κ1) is 28.1. The summed E-state index contributed by atoms with van der Waals surface area (Å²) in [7, 11) is 0. The van der Waals surface area contributed by atoms with Crippen LogP contribution in [0.5, 0.6) is 0 Å². The predicted molar refractivity (Wildman–Crippen MR) is 134 cm³/mol. The van der Waals surface area contributed by atoms with Gasteiger partial charge in [-0.3, -0.25) is 0 Å². The van der Waals surface area contributed by atoms with Crippen LogP contribution in [0.15, 0.2) is 34.9 Å². The van der Waals surface area contributed by atoms with E-state index in [1.54, 1.807) is 0 Å². The fourth-order valence-electron chi connectivity index (χ4n) is 3.50. The second-order valence-corrected chi connectivity index (χ2v) is 8.99. The van der Waals surface area contributed by atoms with Gasteiger partial charge in [0.2, 0.25) is 0 Å². The van der Waals surface area contributed by atoms with E-state index in [0.717, 1.165) is 19.6 Å². The minimum Gasteiger partial charge on any atom is -0.330 e. The number of unbranched alkanes of at least 4 members (excludes halogenated alkanes) is 9. The van der Waals surface area contributed by atoms with Gasteiger partial charge in [0.25, 0.3) is 0 Å². The Kier molecular flexibility index (Phi) is 21.2. The lowest BCUT2D eigenvalue weighted by Crippen LogP contribution is -2.15. The zero-order chi connectivity index (χ0) is 21.6. The van der Waals surface area contributed by atoms with E-state index in [4.69, 9.17) is 5.73 Å². The second-order valence-electron chi connectivity index (χ2n) is 8.99. The van der Waals surface area contributed by atoms with E-state index in [2.05, 4.69) is 51.2 Å². The molecule has 170 valence electrons. The summed E-state index contributed by atoms with van der Waals surface area (Å²) < 4.78 is 0. The molecule has 2 nitrogen and oxygen atoms in total. The molecule has 0 unspecified atom stereocenters. The highest BCUT2D eigenvalue weighted by Crippen LogP contribution is 2.12. The molecule has 0 spiro atoms. The van der Waals surface area contributed by atoms with Gasteiger partial charge < -0.3 is 11.1 Å². The smallest absolute Gasteiger partial charge is 0.0137 e. The van der Waals surface area contributed by atoms with E-state index in [-0.39, 0.29) is 0 Å². The Morgan fingerprint density at radius 1 is 0.621 bits per heavy atom. The van der Waals surface area contributed by atoms with Crippen LogP contribution in [0.25, 0.3) is 0 Å². The SMILES string of the molecule is CC(C)=CCCC(C)=CCCC(C)=CCNCCCCCCCCCCCCN. The molecule has 0 aromatic heterocycles. The fraction of sp³-hybridized carbons (Fsp3) is 0.778. The summed E-state index contributed by atoms with van der Waals surface area (Å²) in [5.41, 5.74) is 9.98. The van der Waals surface area contributed by atoms with Gasteiger partial charge in [-0.2, -0.15) is 0 Å². The molecule has 0 amide bonds. The maximum absolute atomic E-state index is 5.52. The van der Waals surface area contributed by atoms with Gasteiger partial charge in [-0.15, -0.1) is 0 Å². The van der Waals surface area contributed by atoms with Crippen molar-refractivity contribution in [2.24, 2.45) is 5.73 Å². The van der Waals surface area contributed by atoms with Crippen molar-refractivity contribution in [1.82, 2.24) is 5.32 Å². The highest BCUT2D eigenvalue weighted by atomic mass is 14.8. The zero-order valence-corrected chi connectivity index (χ0v) is 20.3. The first-order valence-electron chi connectivity index (χ1n) is 12.4.